The monoisotopic (exact) mass is 355 g/mol. The molecule has 25 heavy (non-hydrogen) atoms. The number of anilines is 1. The molecule has 130 valence electrons. The lowest BCUT2D eigenvalue weighted by Crippen LogP contribution is -2.39. The minimum Gasteiger partial charge on any atom is -0.301 e. The maximum absolute atomic E-state index is 12.3. The number of carbonyl (C=O) groups excluding carboxylic acids is 1. The van der Waals surface area contributed by atoms with E-state index in [1.165, 1.54) is 16.9 Å². The first-order valence-electron chi connectivity index (χ1n) is 8.04. The second kappa shape index (κ2) is 7.58. The van der Waals surface area contributed by atoms with Gasteiger partial charge in [-0.2, -0.15) is 5.10 Å². The molecule has 0 aliphatic rings. The highest BCUT2D eigenvalue weighted by Crippen LogP contribution is 2.14. The molecule has 0 saturated heterocycles. The molecule has 0 saturated carbocycles. The van der Waals surface area contributed by atoms with Gasteiger partial charge in [0, 0.05) is 29.9 Å². The highest BCUT2D eigenvalue weighted by Gasteiger charge is 2.19. The molecule has 0 bridgehead atoms. The molecule has 2 aromatic heterocycles. The number of rotatable bonds is 6. The number of aromatic nitrogens is 3. The van der Waals surface area contributed by atoms with Crippen LogP contribution in [0.25, 0.3) is 5.69 Å². The molecule has 0 aliphatic heterocycles. The van der Waals surface area contributed by atoms with E-state index < -0.39 is 0 Å². The van der Waals surface area contributed by atoms with Gasteiger partial charge in [-0.15, -0.1) is 11.3 Å². The summed E-state index contributed by atoms with van der Waals surface area (Å²) in [6.07, 6.45) is 5.51. The van der Waals surface area contributed by atoms with Crippen LogP contribution in [-0.4, -0.2) is 38.7 Å². The number of nitrogens with one attached hydrogen (secondary N) is 1. The first-order chi connectivity index (χ1) is 12.0. The average Bonchev–Trinajstić information content (AvgIpc) is 3.26. The molecule has 7 heteroatoms. The summed E-state index contributed by atoms with van der Waals surface area (Å²) in [5, 5.41) is 9.72. The predicted molar refractivity (Wildman–Crippen MR) is 100.0 cm³/mol. The number of carbonyl (C=O) groups is 1. The first kappa shape index (κ1) is 17.3. The highest BCUT2D eigenvalue weighted by atomic mass is 32.1. The van der Waals surface area contributed by atoms with E-state index in [2.05, 4.69) is 34.5 Å². The number of amides is 1. The lowest BCUT2D eigenvalue weighted by atomic mass is 10.2. The van der Waals surface area contributed by atoms with Gasteiger partial charge < -0.3 is 5.32 Å². The van der Waals surface area contributed by atoms with E-state index >= 15 is 0 Å². The molecule has 6 nitrogen and oxygen atoms in total. The molecular weight excluding hydrogens is 334 g/mol. The van der Waals surface area contributed by atoms with Gasteiger partial charge in [0.05, 0.1) is 17.9 Å². The summed E-state index contributed by atoms with van der Waals surface area (Å²) in [6.45, 7) is 4.58. The quantitative estimate of drug-likeness (QED) is 0.738. The third kappa shape index (κ3) is 4.32. The van der Waals surface area contributed by atoms with Gasteiger partial charge in [-0.25, -0.2) is 9.67 Å². The van der Waals surface area contributed by atoms with E-state index in [0.717, 1.165) is 11.3 Å². The van der Waals surface area contributed by atoms with Crippen LogP contribution in [0.4, 0.5) is 5.13 Å². The molecule has 1 unspecified atom stereocenters. The number of aryl methyl sites for hydroxylation is 1. The Kier molecular flexibility index (Phi) is 5.25. The Morgan fingerprint density at radius 1 is 1.44 bits per heavy atom. The van der Waals surface area contributed by atoms with Crippen molar-refractivity contribution in [1.29, 1.82) is 0 Å². The topological polar surface area (TPSA) is 63.1 Å². The number of hydrogen-bond acceptors (Lipinski definition) is 5. The summed E-state index contributed by atoms with van der Waals surface area (Å²) in [7, 11) is 1.93. The molecule has 3 aromatic rings. The fourth-order valence-electron chi connectivity index (χ4n) is 2.47. The maximum atomic E-state index is 12.3. The summed E-state index contributed by atoms with van der Waals surface area (Å²) >= 11 is 1.41. The molecule has 0 fully saturated rings. The van der Waals surface area contributed by atoms with E-state index in [1.807, 2.05) is 53.5 Å². The first-order valence-corrected chi connectivity index (χ1v) is 8.92. The Hall–Kier alpha value is -2.51. The lowest BCUT2D eigenvalue weighted by Gasteiger charge is -2.22. The summed E-state index contributed by atoms with van der Waals surface area (Å²) in [4.78, 5) is 18.4. The molecule has 1 N–H and O–H groups in total. The number of benzene rings is 1. The van der Waals surface area contributed by atoms with Crippen molar-refractivity contribution in [3.05, 3.63) is 59.4 Å². The molecule has 0 radical (unpaired) electrons. The van der Waals surface area contributed by atoms with Crippen molar-refractivity contribution < 1.29 is 4.79 Å². The fraction of sp³-hybridized carbons (Fsp3) is 0.278. The third-order valence-electron chi connectivity index (χ3n) is 4.04. The van der Waals surface area contributed by atoms with Gasteiger partial charge in [-0.05, 0) is 38.6 Å². The molecular formula is C18H21N5OS. The smallest absolute Gasteiger partial charge is 0.243 e. The van der Waals surface area contributed by atoms with Crippen LogP contribution in [0.3, 0.4) is 0 Å². The molecule has 3 rings (SSSR count). The average molecular weight is 355 g/mol. The van der Waals surface area contributed by atoms with Crippen molar-refractivity contribution in [3.8, 4) is 5.69 Å². The molecule has 2 heterocycles. The molecule has 1 amide bonds. The minimum absolute atomic E-state index is 0.0662. The second-order valence-electron chi connectivity index (χ2n) is 6.05. The van der Waals surface area contributed by atoms with E-state index in [0.29, 0.717) is 11.7 Å². The van der Waals surface area contributed by atoms with Gasteiger partial charge in [0.1, 0.15) is 0 Å². The van der Waals surface area contributed by atoms with E-state index in [4.69, 9.17) is 0 Å². The van der Waals surface area contributed by atoms with Crippen molar-refractivity contribution >= 4 is 22.4 Å². The molecule has 0 spiro atoms. The zero-order valence-corrected chi connectivity index (χ0v) is 15.3. The van der Waals surface area contributed by atoms with Crippen LogP contribution >= 0.6 is 11.3 Å². The zero-order valence-electron chi connectivity index (χ0n) is 14.5. The molecule has 0 aliphatic carbocycles. The van der Waals surface area contributed by atoms with Crippen LogP contribution in [0, 0.1) is 6.92 Å². The fourth-order valence-corrected chi connectivity index (χ4v) is 3.01. The molecule has 1 aromatic carbocycles. The standard InChI is InChI=1S/C18H21N5OS/c1-13-5-4-6-16(9-13)23-12-15(10-20-23)11-22(3)14(2)17(24)21-18-19-7-8-25-18/h4-10,12,14H,11H2,1-3H3,(H,19,21,24). The van der Waals surface area contributed by atoms with Crippen LogP contribution in [0.2, 0.25) is 0 Å². The summed E-state index contributed by atoms with van der Waals surface area (Å²) in [5.41, 5.74) is 3.28. The normalized spacial score (nSPS) is 12.3. The van der Waals surface area contributed by atoms with Crippen molar-refractivity contribution in [2.45, 2.75) is 26.4 Å². The number of likely N-dealkylation sites (N-methyl/N-ethyl adjacent to an activating group) is 1. The highest BCUT2D eigenvalue weighted by molar-refractivity contribution is 7.13. The third-order valence-corrected chi connectivity index (χ3v) is 4.73. The minimum atomic E-state index is -0.272. The van der Waals surface area contributed by atoms with Crippen LogP contribution < -0.4 is 5.32 Å². The second-order valence-corrected chi connectivity index (χ2v) is 6.94. The molecule has 1 atom stereocenters. The van der Waals surface area contributed by atoms with Gasteiger partial charge in [0.15, 0.2) is 5.13 Å². The van der Waals surface area contributed by atoms with Crippen molar-refractivity contribution in [1.82, 2.24) is 19.7 Å². The van der Waals surface area contributed by atoms with Gasteiger partial charge in [-0.1, -0.05) is 12.1 Å². The van der Waals surface area contributed by atoms with Crippen molar-refractivity contribution in [2.24, 2.45) is 0 Å². The maximum Gasteiger partial charge on any atom is 0.243 e. The van der Waals surface area contributed by atoms with Crippen LogP contribution in [0.1, 0.15) is 18.1 Å². The van der Waals surface area contributed by atoms with Gasteiger partial charge in [-0.3, -0.25) is 9.69 Å². The SMILES string of the molecule is Cc1cccc(-n2cc(CN(C)C(C)C(=O)Nc3nccs3)cn2)c1. The van der Waals surface area contributed by atoms with Crippen molar-refractivity contribution in [2.75, 3.05) is 12.4 Å². The number of nitrogens with zero attached hydrogens (tertiary/aromatic N) is 4. The zero-order chi connectivity index (χ0) is 17.8. The van der Waals surface area contributed by atoms with Crippen LogP contribution in [-0.2, 0) is 11.3 Å². The summed E-state index contributed by atoms with van der Waals surface area (Å²) in [5.74, 6) is -0.0662. The van der Waals surface area contributed by atoms with E-state index in [1.54, 1.807) is 6.20 Å². The van der Waals surface area contributed by atoms with Crippen LogP contribution in [0.15, 0.2) is 48.2 Å². The Balaban J connectivity index is 1.63. The number of thiazole rings is 1. The number of hydrogen-bond donors (Lipinski definition) is 1. The summed E-state index contributed by atoms with van der Waals surface area (Å²) < 4.78 is 1.86. The van der Waals surface area contributed by atoms with E-state index in [9.17, 15) is 4.79 Å². The van der Waals surface area contributed by atoms with Gasteiger partial charge in [0.25, 0.3) is 0 Å². The van der Waals surface area contributed by atoms with Crippen LogP contribution in [0.5, 0.6) is 0 Å². The van der Waals surface area contributed by atoms with Gasteiger partial charge >= 0.3 is 0 Å². The Labute approximate surface area is 151 Å². The predicted octanol–water partition coefficient (Wildman–Crippen LogP) is 3.10. The van der Waals surface area contributed by atoms with Crippen molar-refractivity contribution in [3.63, 3.8) is 0 Å². The Morgan fingerprint density at radius 2 is 2.28 bits per heavy atom. The summed E-state index contributed by atoms with van der Waals surface area (Å²) in [6, 6.07) is 7.92. The Morgan fingerprint density at radius 3 is 3.00 bits per heavy atom. The largest absolute Gasteiger partial charge is 0.301 e. The Bertz CT molecular complexity index is 843. The van der Waals surface area contributed by atoms with E-state index in [-0.39, 0.29) is 11.9 Å². The lowest BCUT2D eigenvalue weighted by molar-refractivity contribution is -0.120. The van der Waals surface area contributed by atoms with Gasteiger partial charge in [0.2, 0.25) is 5.91 Å².